The first kappa shape index (κ1) is 17.0. The lowest BCUT2D eigenvalue weighted by atomic mass is 10.1. The highest BCUT2D eigenvalue weighted by atomic mass is 16.5. The fraction of sp³-hybridized carbons (Fsp3) is 0.526. The molecule has 2 fully saturated rings. The van der Waals surface area contributed by atoms with E-state index in [4.69, 9.17) is 9.47 Å². The molecule has 2 saturated heterocycles. The highest BCUT2D eigenvalue weighted by molar-refractivity contribution is 5.94. The van der Waals surface area contributed by atoms with Crippen LogP contribution in [0.4, 0.5) is 0 Å². The summed E-state index contributed by atoms with van der Waals surface area (Å²) in [5.41, 5.74) is 1.90. The predicted octanol–water partition coefficient (Wildman–Crippen LogP) is 2.08. The van der Waals surface area contributed by atoms with Gasteiger partial charge in [0.1, 0.15) is 5.75 Å². The molecule has 2 atom stereocenters. The Balaban J connectivity index is 1.51. The van der Waals surface area contributed by atoms with Crippen LogP contribution in [0.5, 0.6) is 5.75 Å². The Morgan fingerprint density at radius 2 is 2.38 bits per heavy atom. The number of benzene rings is 1. The molecule has 2 heterocycles. The van der Waals surface area contributed by atoms with Crippen molar-refractivity contribution >= 4 is 11.5 Å². The minimum Gasteiger partial charge on any atom is -0.497 e. The zero-order valence-electron chi connectivity index (χ0n) is 14.5. The van der Waals surface area contributed by atoms with E-state index in [1.165, 1.54) is 12.8 Å². The SMILES string of the molecule is COc1cccc(C(C)=CC(=O)NCC2CN3CCCC3CO2)c1. The van der Waals surface area contributed by atoms with Gasteiger partial charge in [-0.05, 0) is 49.6 Å². The molecule has 0 saturated carbocycles. The van der Waals surface area contributed by atoms with E-state index in [1.54, 1.807) is 13.2 Å². The number of carbonyl (C=O) groups excluding carboxylic acids is 1. The first-order valence-corrected chi connectivity index (χ1v) is 8.62. The van der Waals surface area contributed by atoms with Crippen LogP contribution < -0.4 is 10.1 Å². The molecule has 5 nitrogen and oxygen atoms in total. The Morgan fingerprint density at radius 1 is 1.50 bits per heavy atom. The number of fused-ring (bicyclic) bond motifs is 1. The third-order valence-corrected chi connectivity index (χ3v) is 4.84. The average molecular weight is 330 g/mol. The van der Waals surface area contributed by atoms with Gasteiger partial charge in [0.05, 0.1) is 19.8 Å². The number of hydrogen-bond acceptors (Lipinski definition) is 4. The molecular weight excluding hydrogens is 304 g/mol. The summed E-state index contributed by atoms with van der Waals surface area (Å²) in [5.74, 6) is 0.707. The molecule has 1 aromatic rings. The summed E-state index contributed by atoms with van der Waals surface area (Å²) < 4.78 is 11.1. The molecule has 5 heteroatoms. The number of ether oxygens (including phenoxy) is 2. The van der Waals surface area contributed by atoms with Gasteiger partial charge < -0.3 is 14.8 Å². The maximum absolute atomic E-state index is 12.2. The van der Waals surface area contributed by atoms with Crippen molar-refractivity contribution in [3.8, 4) is 5.75 Å². The van der Waals surface area contributed by atoms with E-state index < -0.39 is 0 Å². The molecular formula is C19H26N2O3. The van der Waals surface area contributed by atoms with E-state index in [0.717, 1.165) is 36.6 Å². The standard InChI is InChI=1S/C19H26N2O3/c1-14(15-5-3-7-17(10-15)23-2)9-19(22)20-11-18-12-21-8-4-6-16(21)13-24-18/h3,5,7,9-10,16,18H,4,6,8,11-13H2,1-2H3,(H,20,22). The zero-order valence-corrected chi connectivity index (χ0v) is 14.5. The minimum atomic E-state index is -0.0811. The van der Waals surface area contributed by atoms with Gasteiger partial charge in [-0.3, -0.25) is 9.69 Å². The van der Waals surface area contributed by atoms with Crippen molar-refractivity contribution in [2.24, 2.45) is 0 Å². The summed E-state index contributed by atoms with van der Waals surface area (Å²) in [7, 11) is 1.64. The van der Waals surface area contributed by atoms with Crippen LogP contribution in [-0.4, -0.2) is 56.3 Å². The van der Waals surface area contributed by atoms with Gasteiger partial charge in [0.25, 0.3) is 0 Å². The average Bonchev–Trinajstić information content (AvgIpc) is 3.07. The molecule has 2 aliphatic heterocycles. The highest BCUT2D eigenvalue weighted by Gasteiger charge is 2.32. The Morgan fingerprint density at radius 3 is 3.21 bits per heavy atom. The van der Waals surface area contributed by atoms with Crippen LogP contribution in [0.1, 0.15) is 25.3 Å². The smallest absolute Gasteiger partial charge is 0.244 e. The Hall–Kier alpha value is -1.85. The van der Waals surface area contributed by atoms with Crippen molar-refractivity contribution in [3.63, 3.8) is 0 Å². The van der Waals surface area contributed by atoms with Gasteiger partial charge in [0, 0.05) is 25.2 Å². The second-order valence-electron chi connectivity index (χ2n) is 6.55. The van der Waals surface area contributed by atoms with E-state index in [0.29, 0.717) is 12.6 Å². The van der Waals surface area contributed by atoms with E-state index >= 15 is 0 Å². The quantitative estimate of drug-likeness (QED) is 0.840. The molecule has 2 aliphatic rings. The number of carbonyl (C=O) groups is 1. The van der Waals surface area contributed by atoms with Gasteiger partial charge in [-0.15, -0.1) is 0 Å². The Kier molecular flexibility index (Phi) is 5.53. The van der Waals surface area contributed by atoms with Crippen LogP contribution >= 0.6 is 0 Å². The number of hydrogen-bond donors (Lipinski definition) is 1. The molecule has 130 valence electrons. The number of nitrogens with zero attached hydrogens (tertiary/aromatic N) is 1. The summed E-state index contributed by atoms with van der Waals surface area (Å²) in [6, 6.07) is 8.30. The van der Waals surface area contributed by atoms with Crippen molar-refractivity contribution in [1.82, 2.24) is 10.2 Å². The van der Waals surface area contributed by atoms with Gasteiger partial charge in [-0.2, -0.15) is 0 Å². The van der Waals surface area contributed by atoms with Crippen LogP contribution in [0.15, 0.2) is 30.3 Å². The van der Waals surface area contributed by atoms with Crippen LogP contribution in [0.25, 0.3) is 5.57 Å². The molecule has 2 unspecified atom stereocenters. The predicted molar refractivity (Wildman–Crippen MR) is 94.0 cm³/mol. The molecule has 24 heavy (non-hydrogen) atoms. The van der Waals surface area contributed by atoms with Gasteiger partial charge in [0.2, 0.25) is 5.91 Å². The van der Waals surface area contributed by atoms with E-state index in [9.17, 15) is 4.79 Å². The normalized spacial score (nSPS) is 24.5. The highest BCUT2D eigenvalue weighted by Crippen LogP contribution is 2.22. The summed E-state index contributed by atoms with van der Waals surface area (Å²) in [6.07, 6.45) is 4.22. The van der Waals surface area contributed by atoms with E-state index in [2.05, 4.69) is 10.2 Å². The van der Waals surface area contributed by atoms with Gasteiger partial charge >= 0.3 is 0 Å². The molecule has 1 aromatic carbocycles. The third kappa shape index (κ3) is 4.16. The number of nitrogens with one attached hydrogen (secondary N) is 1. The summed E-state index contributed by atoms with van der Waals surface area (Å²) >= 11 is 0. The fourth-order valence-electron chi connectivity index (χ4n) is 3.42. The minimum absolute atomic E-state index is 0.0811. The Bertz CT molecular complexity index is 614. The van der Waals surface area contributed by atoms with Gasteiger partial charge in [-0.1, -0.05) is 12.1 Å². The Labute approximate surface area is 143 Å². The van der Waals surface area contributed by atoms with Crippen LogP contribution in [0.2, 0.25) is 0 Å². The number of amides is 1. The lowest BCUT2D eigenvalue weighted by Crippen LogP contribution is -2.49. The zero-order chi connectivity index (χ0) is 16.9. The number of morpholine rings is 1. The lowest BCUT2D eigenvalue weighted by molar-refractivity contribution is -0.118. The number of allylic oxidation sites excluding steroid dienone is 1. The van der Waals surface area contributed by atoms with Crippen molar-refractivity contribution in [1.29, 1.82) is 0 Å². The van der Waals surface area contributed by atoms with Gasteiger partial charge in [0.15, 0.2) is 0 Å². The van der Waals surface area contributed by atoms with Crippen molar-refractivity contribution < 1.29 is 14.3 Å². The molecule has 0 bridgehead atoms. The summed E-state index contributed by atoms with van der Waals surface area (Å²) in [6.45, 7) is 5.36. The monoisotopic (exact) mass is 330 g/mol. The fourth-order valence-corrected chi connectivity index (χ4v) is 3.42. The molecule has 0 aliphatic carbocycles. The number of rotatable bonds is 5. The van der Waals surface area contributed by atoms with Crippen LogP contribution in [0, 0.1) is 0 Å². The molecule has 1 amide bonds. The van der Waals surface area contributed by atoms with Crippen molar-refractivity contribution in [3.05, 3.63) is 35.9 Å². The topological polar surface area (TPSA) is 50.8 Å². The number of methoxy groups -OCH3 is 1. The molecule has 0 spiro atoms. The summed E-state index contributed by atoms with van der Waals surface area (Å²) in [4.78, 5) is 14.6. The van der Waals surface area contributed by atoms with E-state index in [-0.39, 0.29) is 12.0 Å². The second kappa shape index (κ2) is 7.81. The van der Waals surface area contributed by atoms with E-state index in [1.807, 2.05) is 31.2 Å². The van der Waals surface area contributed by atoms with Crippen molar-refractivity contribution in [2.45, 2.75) is 31.9 Å². The third-order valence-electron chi connectivity index (χ3n) is 4.84. The molecule has 3 rings (SSSR count). The molecule has 0 aromatic heterocycles. The van der Waals surface area contributed by atoms with Crippen LogP contribution in [0.3, 0.4) is 0 Å². The van der Waals surface area contributed by atoms with Crippen LogP contribution in [-0.2, 0) is 9.53 Å². The second-order valence-corrected chi connectivity index (χ2v) is 6.55. The van der Waals surface area contributed by atoms with Crippen molar-refractivity contribution in [2.75, 3.05) is 33.4 Å². The molecule has 0 radical (unpaired) electrons. The maximum atomic E-state index is 12.2. The largest absolute Gasteiger partial charge is 0.497 e. The first-order chi connectivity index (χ1) is 11.7. The van der Waals surface area contributed by atoms with Gasteiger partial charge in [-0.25, -0.2) is 0 Å². The summed E-state index contributed by atoms with van der Waals surface area (Å²) in [5, 5.41) is 2.96. The maximum Gasteiger partial charge on any atom is 0.244 e. The lowest BCUT2D eigenvalue weighted by Gasteiger charge is -2.35. The molecule has 1 N–H and O–H groups in total. The first-order valence-electron chi connectivity index (χ1n) is 8.62.